The van der Waals surface area contributed by atoms with Gasteiger partial charge in [-0.2, -0.15) is 0 Å². The number of sulfonamides is 1. The number of primary sulfonamides is 1. The maximum absolute atomic E-state index is 12.8. The minimum Gasteiger partial charge on any atom is -0.224 e. The molecule has 1 rings (SSSR count). The molecule has 0 aliphatic carbocycles. The fourth-order valence-corrected chi connectivity index (χ4v) is 1.92. The lowest BCUT2D eigenvalue weighted by Crippen LogP contribution is -2.14. The molecule has 66 valence electrons. The van der Waals surface area contributed by atoms with Crippen LogP contribution in [0.2, 0.25) is 5.02 Å². The van der Waals surface area contributed by atoms with Crippen molar-refractivity contribution < 1.29 is 12.8 Å². The summed E-state index contributed by atoms with van der Waals surface area (Å²) in [5.74, 6) is -0.940. The molecule has 0 spiro atoms. The van der Waals surface area contributed by atoms with Gasteiger partial charge in [-0.3, -0.25) is 0 Å². The quantitative estimate of drug-likeness (QED) is 0.754. The number of benzene rings is 1. The van der Waals surface area contributed by atoms with Gasteiger partial charge in [-0.1, -0.05) is 17.7 Å². The Morgan fingerprint density at radius 3 is 2.33 bits per heavy atom. The maximum Gasteiger partial charge on any atom is 0.242 e. The number of rotatable bonds is 1. The molecule has 0 saturated carbocycles. The molecule has 2 N–H and O–H groups in total. The van der Waals surface area contributed by atoms with Crippen molar-refractivity contribution >= 4 is 21.6 Å². The third kappa shape index (κ3) is 1.74. The largest absolute Gasteiger partial charge is 0.242 e. The molecule has 0 aliphatic rings. The summed E-state index contributed by atoms with van der Waals surface area (Å²) in [6.07, 6.45) is 0. The number of halogens is 2. The zero-order chi connectivity index (χ0) is 9.35. The molecular formula is C6H5ClFNO2S. The Hall–Kier alpha value is -0.650. The van der Waals surface area contributed by atoms with Crippen molar-refractivity contribution in [2.45, 2.75) is 4.90 Å². The van der Waals surface area contributed by atoms with Gasteiger partial charge in [0.05, 0.1) is 5.02 Å². The molecule has 0 aliphatic heterocycles. The third-order valence-corrected chi connectivity index (χ3v) is 2.61. The van der Waals surface area contributed by atoms with E-state index in [-0.39, 0.29) is 5.02 Å². The molecule has 6 heteroatoms. The Morgan fingerprint density at radius 2 is 2.00 bits per heavy atom. The summed E-state index contributed by atoms with van der Waals surface area (Å²) in [7, 11) is -4.07. The summed E-state index contributed by atoms with van der Waals surface area (Å²) in [6.45, 7) is 0. The van der Waals surface area contributed by atoms with E-state index in [9.17, 15) is 12.8 Å². The van der Waals surface area contributed by atoms with Crippen LogP contribution >= 0.6 is 11.6 Å². The molecule has 3 nitrogen and oxygen atoms in total. The SMILES string of the molecule is NS(=O)(=O)c1c(F)cccc1Cl. The molecule has 1 aromatic rings. The number of hydrogen-bond acceptors (Lipinski definition) is 2. The monoisotopic (exact) mass is 209 g/mol. The van der Waals surface area contributed by atoms with E-state index < -0.39 is 20.7 Å². The van der Waals surface area contributed by atoms with Gasteiger partial charge in [0.15, 0.2) is 0 Å². The fraction of sp³-hybridized carbons (Fsp3) is 0. The van der Waals surface area contributed by atoms with E-state index in [2.05, 4.69) is 0 Å². The van der Waals surface area contributed by atoms with Crippen molar-refractivity contribution in [3.63, 3.8) is 0 Å². The van der Waals surface area contributed by atoms with E-state index in [4.69, 9.17) is 16.7 Å². The number of nitrogens with two attached hydrogens (primary N) is 1. The van der Waals surface area contributed by atoms with Gasteiger partial charge in [0.2, 0.25) is 10.0 Å². The molecule has 0 atom stereocenters. The minimum absolute atomic E-state index is 0.211. The van der Waals surface area contributed by atoms with Crippen LogP contribution in [0.4, 0.5) is 4.39 Å². The average molecular weight is 210 g/mol. The molecule has 0 saturated heterocycles. The summed E-state index contributed by atoms with van der Waals surface area (Å²) in [5.41, 5.74) is 0. The van der Waals surface area contributed by atoms with Crippen LogP contribution < -0.4 is 5.14 Å². The lowest BCUT2D eigenvalue weighted by atomic mass is 10.3. The Kier molecular flexibility index (Phi) is 2.36. The maximum atomic E-state index is 12.8. The van der Waals surface area contributed by atoms with E-state index in [1.165, 1.54) is 12.1 Å². The van der Waals surface area contributed by atoms with Gasteiger partial charge < -0.3 is 0 Å². The van der Waals surface area contributed by atoms with Gasteiger partial charge in [0.25, 0.3) is 0 Å². The van der Waals surface area contributed by atoms with Crippen LogP contribution in [0.15, 0.2) is 23.1 Å². The van der Waals surface area contributed by atoms with Crippen molar-refractivity contribution in [1.29, 1.82) is 0 Å². The second kappa shape index (κ2) is 3.01. The molecule has 0 aromatic heterocycles. The topological polar surface area (TPSA) is 60.2 Å². The highest BCUT2D eigenvalue weighted by Gasteiger charge is 2.17. The summed E-state index contributed by atoms with van der Waals surface area (Å²) >= 11 is 5.41. The van der Waals surface area contributed by atoms with Gasteiger partial charge >= 0.3 is 0 Å². The van der Waals surface area contributed by atoms with Gasteiger partial charge in [0, 0.05) is 0 Å². The fourth-order valence-electron chi connectivity index (χ4n) is 0.754. The summed E-state index contributed by atoms with van der Waals surface area (Å²) in [6, 6.07) is 3.53. The molecule has 12 heavy (non-hydrogen) atoms. The lowest BCUT2D eigenvalue weighted by molar-refractivity contribution is 0.568. The Bertz CT molecular complexity index is 384. The molecule has 1 aromatic carbocycles. The van der Waals surface area contributed by atoms with Crippen molar-refractivity contribution in [2.24, 2.45) is 5.14 Å². The molecule has 0 unspecified atom stereocenters. The van der Waals surface area contributed by atoms with Gasteiger partial charge in [-0.25, -0.2) is 17.9 Å². The highest BCUT2D eigenvalue weighted by molar-refractivity contribution is 7.89. The second-order valence-corrected chi connectivity index (χ2v) is 4.00. The van der Waals surface area contributed by atoms with E-state index in [1.807, 2.05) is 0 Å². The molecule has 0 heterocycles. The zero-order valence-corrected chi connectivity index (χ0v) is 7.36. The standard InChI is InChI=1S/C6H5ClFNO2S/c7-4-2-1-3-5(8)6(4)12(9,10)11/h1-3H,(H2,9,10,11). The molecule has 0 fully saturated rings. The Labute approximate surface area is 74.0 Å². The van der Waals surface area contributed by atoms with Crippen LogP contribution in [0.5, 0.6) is 0 Å². The molecule has 0 radical (unpaired) electrons. The first-order valence-corrected chi connectivity index (χ1v) is 4.82. The van der Waals surface area contributed by atoms with E-state index in [1.54, 1.807) is 0 Å². The first kappa shape index (κ1) is 9.44. The highest BCUT2D eigenvalue weighted by Crippen LogP contribution is 2.22. The summed E-state index contributed by atoms with van der Waals surface area (Å²) < 4.78 is 34.3. The first-order valence-electron chi connectivity index (χ1n) is 2.90. The van der Waals surface area contributed by atoms with Crippen LogP contribution in [-0.4, -0.2) is 8.42 Å². The van der Waals surface area contributed by atoms with Gasteiger partial charge in [-0.15, -0.1) is 0 Å². The van der Waals surface area contributed by atoms with Crippen LogP contribution in [0.3, 0.4) is 0 Å². The van der Waals surface area contributed by atoms with Crippen molar-refractivity contribution in [3.8, 4) is 0 Å². The lowest BCUT2D eigenvalue weighted by Gasteiger charge is -2.01. The summed E-state index contributed by atoms with van der Waals surface area (Å²) in [5, 5.41) is 4.50. The van der Waals surface area contributed by atoms with E-state index in [0.717, 1.165) is 6.07 Å². The Morgan fingerprint density at radius 1 is 1.42 bits per heavy atom. The first-order chi connectivity index (χ1) is 5.43. The average Bonchev–Trinajstić information content (AvgIpc) is 1.82. The molecular weight excluding hydrogens is 205 g/mol. The smallest absolute Gasteiger partial charge is 0.224 e. The highest BCUT2D eigenvalue weighted by atomic mass is 35.5. The summed E-state index contributed by atoms with van der Waals surface area (Å²) in [4.78, 5) is -0.660. The van der Waals surface area contributed by atoms with Crippen LogP contribution in [0, 0.1) is 5.82 Å². The van der Waals surface area contributed by atoms with Gasteiger partial charge in [0.1, 0.15) is 10.7 Å². The van der Waals surface area contributed by atoms with Crippen LogP contribution in [-0.2, 0) is 10.0 Å². The van der Waals surface area contributed by atoms with E-state index in [0.29, 0.717) is 0 Å². The van der Waals surface area contributed by atoms with Crippen LogP contribution in [0.1, 0.15) is 0 Å². The Balaban J connectivity index is 3.53. The second-order valence-electron chi connectivity index (χ2n) is 2.10. The van der Waals surface area contributed by atoms with E-state index >= 15 is 0 Å². The zero-order valence-electron chi connectivity index (χ0n) is 5.79. The van der Waals surface area contributed by atoms with Gasteiger partial charge in [-0.05, 0) is 12.1 Å². The molecule has 0 amide bonds. The van der Waals surface area contributed by atoms with Crippen LogP contribution in [0.25, 0.3) is 0 Å². The predicted octanol–water partition coefficient (Wildman–Crippen LogP) is 1.13. The van der Waals surface area contributed by atoms with Crippen molar-refractivity contribution in [1.82, 2.24) is 0 Å². The normalized spacial score (nSPS) is 11.6. The van der Waals surface area contributed by atoms with Crippen molar-refractivity contribution in [3.05, 3.63) is 29.0 Å². The molecule has 0 bridgehead atoms. The third-order valence-electron chi connectivity index (χ3n) is 1.20. The predicted molar refractivity (Wildman–Crippen MR) is 42.8 cm³/mol. The van der Waals surface area contributed by atoms with Crippen molar-refractivity contribution in [2.75, 3.05) is 0 Å². The number of hydrogen-bond donors (Lipinski definition) is 1. The minimum atomic E-state index is -4.07.